The number of carbonyl (C=O) groups is 1. The second-order valence-electron chi connectivity index (χ2n) is 4.50. The minimum Gasteiger partial charge on any atom is -0.326 e. The third kappa shape index (κ3) is 3.37. The van der Waals surface area contributed by atoms with Gasteiger partial charge in [0.2, 0.25) is 5.91 Å². The van der Waals surface area contributed by atoms with Gasteiger partial charge < -0.3 is 5.32 Å². The SMILES string of the molecule is CCC[C@H](C)C(=O)Nc1ccc(C)cc1C. The third-order valence-corrected chi connectivity index (χ3v) is 2.81. The number of hydrogen-bond acceptors (Lipinski definition) is 1. The van der Waals surface area contributed by atoms with Gasteiger partial charge in [0.05, 0.1) is 0 Å². The van der Waals surface area contributed by atoms with Gasteiger partial charge in [-0.05, 0) is 31.9 Å². The predicted octanol–water partition coefficient (Wildman–Crippen LogP) is 3.68. The van der Waals surface area contributed by atoms with Crippen molar-refractivity contribution >= 4 is 11.6 Å². The monoisotopic (exact) mass is 219 g/mol. The quantitative estimate of drug-likeness (QED) is 0.822. The molecular weight excluding hydrogens is 198 g/mol. The fourth-order valence-electron chi connectivity index (χ4n) is 1.77. The summed E-state index contributed by atoms with van der Waals surface area (Å²) in [5, 5.41) is 2.98. The molecule has 0 saturated heterocycles. The molecule has 0 aliphatic rings. The predicted molar refractivity (Wildman–Crippen MR) is 68.6 cm³/mol. The fourth-order valence-corrected chi connectivity index (χ4v) is 1.77. The molecule has 0 spiro atoms. The van der Waals surface area contributed by atoms with Gasteiger partial charge in [-0.1, -0.05) is 38.0 Å². The molecule has 1 N–H and O–H groups in total. The second-order valence-corrected chi connectivity index (χ2v) is 4.50. The summed E-state index contributed by atoms with van der Waals surface area (Å²) < 4.78 is 0. The van der Waals surface area contributed by atoms with Gasteiger partial charge in [-0.2, -0.15) is 0 Å². The molecule has 0 aliphatic heterocycles. The number of benzene rings is 1. The average Bonchev–Trinajstić information content (AvgIpc) is 2.22. The Morgan fingerprint density at radius 2 is 2.06 bits per heavy atom. The van der Waals surface area contributed by atoms with Gasteiger partial charge >= 0.3 is 0 Å². The van der Waals surface area contributed by atoms with Crippen LogP contribution in [-0.4, -0.2) is 5.91 Å². The van der Waals surface area contributed by atoms with Crippen LogP contribution in [0.2, 0.25) is 0 Å². The molecule has 1 rings (SSSR count). The highest BCUT2D eigenvalue weighted by molar-refractivity contribution is 5.93. The molecule has 88 valence electrons. The summed E-state index contributed by atoms with van der Waals surface area (Å²) in [4.78, 5) is 11.8. The molecule has 1 aromatic carbocycles. The van der Waals surface area contributed by atoms with Crippen molar-refractivity contribution in [3.63, 3.8) is 0 Å². The van der Waals surface area contributed by atoms with Crippen molar-refractivity contribution in [2.45, 2.75) is 40.5 Å². The Balaban J connectivity index is 2.69. The van der Waals surface area contributed by atoms with Crippen LogP contribution in [0.15, 0.2) is 18.2 Å². The Labute approximate surface area is 98.1 Å². The normalized spacial score (nSPS) is 12.2. The van der Waals surface area contributed by atoms with Crippen LogP contribution < -0.4 is 5.32 Å². The first-order valence-corrected chi connectivity index (χ1v) is 5.92. The van der Waals surface area contributed by atoms with E-state index in [2.05, 4.69) is 25.2 Å². The van der Waals surface area contributed by atoms with E-state index >= 15 is 0 Å². The van der Waals surface area contributed by atoms with Crippen molar-refractivity contribution < 1.29 is 4.79 Å². The van der Waals surface area contributed by atoms with Crippen LogP contribution in [0, 0.1) is 19.8 Å². The van der Waals surface area contributed by atoms with Gasteiger partial charge in [0.1, 0.15) is 0 Å². The minimum atomic E-state index is 0.0886. The maximum absolute atomic E-state index is 11.8. The number of aryl methyl sites for hydroxylation is 2. The van der Waals surface area contributed by atoms with Crippen molar-refractivity contribution in [2.24, 2.45) is 5.92 Å². The van der Waals surface area contributed by atoms with E-state index in [4.69, 9.17) is 0 Å². The lowest BCUT2D eigenvalue weighted by Crippen LogP contribution is -2.20. The number of nitrogens with one attached hydrogen (secondary N) is 1. The third-order valence-electron chi connectivity index (χ3n) is 2.81. The molecule has 0 radical (unpaired) electrons. The highest BCUT2D eigenvalue weighted by atomic mass is 16.1. The van der Waals surface area contributed by atoms with E-state index in [9.17, 15) is 4.79 Å². The molecule has 16 heavy (non-hydrogen) atoms. The standard InChI is InChI=1S/C14H21NO/c1-5-6-11(3)14(16)15-13-8-7-10(2)9-12(13)4/h7-9,11H,5-6H2,1-4H3,(H,15,16)/t11-/m0/s1. The fraction of sp³-hybridized carbons (Fsp3) is 0.500. The van der Waals surface area contributed by atoms with Crippen LogP contribution in [0.3, 0.4) is 0 Å². The molecule has 2 heteroatoms. The molecule has 0 aromatic heterocycles. The second kappa shape index (κ2) is 5.69. The molecule has 0 heterocycles. The van der Waals surface area contributed by atoms with Gasteiger partial charge in [0, 0.05) is 11.6 Å². The molecule has 1 aromatic rings. The Kier molecular flexibility index (Phi) is 4.53. The highest BCUT2D eigenvalue weighted by Crippen LogP contribution is 2.17. The van der Waals surface area contributed by atoms with Gasteiger partial charge in [-0.3, -0.25) is 4.79 Å². The number of carbonyl (C=O) groups excluding carboxylic acids is 1. The molecule has 2 nitrogen and oxygen atoms in total. The van der Waals surface area contributed by atoms with Crippen LogP contribution in [0.25, 0.3) is 0 Å². The van der Waals surface area contributed by atoms with Crippen LogP contribution in [-0.2, 0) is 4.79 Å². The average molecular weight is 219 g/mol. The van der Waals surface area contributed by atoms with E-state index in [0.29, 0.717) is 0 Å². The van der Waals surface area contributed by atoms with Crippen molar-refractivity contribution in [2.75, 3.05) is 5.32 Å². The largest absolute Gasteiger partial charge is 0.326 e. The summed E-state index contributed by atoms with van der Waals surface area (Å²) >= 11 is 0. The van der Waals surface area contributed by atoms with Crippen LogP contribution in [0.5, 0.6) is 0 Å². The van der Waals surface area contributed by atoms with Crippen LogP contribution in [0.1, 0.15) is 37.8 Å². The smallest absolute Gasteiger partial charge is 0.227 e. The molecule has 0 bridgehead atoms. The first-order chi connectivity index (χ1) is 7.54. The zero-order valence-electron chi connectivity index (χ0n) is 10.6. The maximum atomic E-state index is 11.8. The van der Waals surface area contributed by atoms with Gasteiger partial charge in [-0.15, -0.1) is 0 Å². The number of amides is 1. The summed E-state index contributed by atoms with van der Waals surface area (Å²) in [5.74, 6) is 0.208. The molecule has 1 atom stereocenters. The summed E-state index contributed by atoms with van der Waals surface area (Å²) in [5.41, 5.74) is 3.27. The number of rotatable bonds is 4. The van der Waals surface area contributed by atoms with Gasteiger partial charge in [0.25, 0.3) is 0 Å². The topological polar surface area (TPSA) is 29.1 Å². The summed E-state index contributed by atoms with van der Waals surface area (Å²) in [7, 11) is 0. The lowest BCUT2D eigenvalue weighted by molar-refractivity contribution is -0.119. The van der Waals surface area contributed by atoms with Gasteiger partial charge in [0.15, 0.2) is 0 Å². The molecule has 0 fully saturated rings. The minimum absolute atomic E-state index is 0.0886. The molecule has 0 aliphatic carbocycles. The van der Waals surface area contributed by atoms with Crippen LogP contribution >= 0.6 is 0 Å². The molecular formula is C14H21NO. The molecule has 0 unspecified atom stereocenters. The van der Waals surface area contributed by atoms with E-state index in [-0.39, 0.29) is 11.8 Å². The summed E-state index contributed by atoms with van der Waals surface area (Å²) in [6.07, 6.45) is 1.98. The first kappa shape index (κ1) is 12.8. The van der Waals surface area contributed by atoms with Crippen molar-refractivity contribution in [1.82, 2.24) is 0 Å². The Morgan fingerprint density at radius 1 is 1.38 bits per heavy atom. The Morgan fingerprint density at radius 3 is 2.62 bits per heavy atom. The Bertz CT molecular complexity index is 371. The first-order valence-electron chi connectivity index (χ1n) is 5.92. The van der Waals surface area contributed by atoms with E-state index in [1.54, 1.807) is 0 Å². The molecule has 1 amide bonds. The number of anilines is 1. The Hall–Kier alpha value is -1.31. The number of hydrogen-bond donors (Lipinski definition) is 1. The van der Waals surface area contributed by atoms with Crippen molar-refractivity contribution in [3.8, 4) is 0 Å². The van der Waals surface area contributed by atoms with Gasteiger partial charge in [-0.25, -0.2) is 0 Å². The highest BCUT2D eigenvalue weighted by Gasteiger charge is 2.12. The summed E-state index contributed by atoms with van der Waals surface area (Å²) in [6, 6.07) is 6.08. The van der Waals surface area contributed by atoms with E-state index < -0.39 is 0 Å². The lowest BCUT2D eigenvalue weighted by atomic mass is 10.0. The van der Waals surface area contributed by atoms with Crippen molar-refractivity contribution in [3.05, 3.63) is 29.3 Å². The zero-order valence-corrected chi connectivity index (χ0v) is 10.6. The summed E-state index contributed by atoms with van der Waals surface area (Å²) in [6.45, 7) is 8.15. The van der Waals surface area contributed by atoms with E-state index in [1.807, 2.05) is 26.0 Å². The van der Waals surface area contributed by atoms with Crippen molar-refractivity contribution in [1.29, 1.82) is 0 Å². The van der Waals surface area contributed by atoms with Crippen LogP contribution in [0.4, 0.5) is 5.69 Å². The lowest BCUT2D eigenvalue weighted by Gasteiger charge is -2.13. The van der Waals surface area contributed by atoms with E-state index in [0.717, 1.165) is 24.1 Å². The zero-order chi connectivity index (χ0) is 12.1. The maximum Gasteiger partial charge on any atom is 0.227 e. The van der Waals surface area contributed by atoms with E-state index in [1.165, 1.54) is 5.56 Å². The molecule has 0 saturated carbocycles.